The van der Waals surface area contributed by atoms with Gasteiger partial charge in [-0.25, -0.2) is 4.98 Å². The van der Waals surface area contributed by atoms with Crippen molar-refractivity contribution in [2.45, 2.75) is 19.9 Å². The summed E-state index contributed by atoms with van der Waals surface area (Å²) < 4.78 is 0. The van der Waals surface area contributed by atoms with Gasteiger partial charge in [0.05, 0.1) is 6.54 Å². The highest BCUT2D eigenvalue weighted by Crippen LogP contribution is 2.19. The van der Waals surface area contributed by atoms with Gasteiger partial charge in [0.15, 0.2) is 11.1 Å². The van der Waals surface area contributed by atoms with E-state index in [1.807, 2.05) is 11.6 Å². The van der Waals surface area contributed by atoms with E-state index in [4.69, 9.17) is 10.7 Å². The van der Waals surface area contributed by atoms with Gasteiger partial charge in [-0.1, -0.05) is 13.8 Å². The number of nitrogens with zero attached hydrogens (tertiary/aromatic N) is 6. The van der Waals surface area contributed by atoms with Crippen LogP contribution in [0.3, 0.4) is 0 Å². The Morgan fingerprint density at radius 2 is 1.81 bits per heavy atom. The number of nitrogens with two attached hydrogens (primary N) is 1. The second-order valence-corrected chi connectivity index (χ2v) is 8.51. The predicted octanol–water partition coefficient (Wildman–Crippen LogP) is 1.47. The Bertz CT molecular complexity index is 564. The third-order valence-electron chi connectivity index (χ3n) is 5.51. The summed E-state index contributed by atoms with van der Waals surface area (Å²) in [7, 11) is 2.20. The van der Waals surface area contributed by atoms with Crippen molar-refractivity contribution in [3.8, 4) is 0 Å². The van der Waals surface area contributed by atoms with Crippen LogP contribution in [-0.4, -0.2) is 97.6 Å². The molecular weight excluding hydrogens is 473 g/mol. The molecule has 1 unspecified atom stereocenters. The first kappa shape index (κ1) is 22.6. The van der Waals surface area contributed by atoms with Crippen molar-refractivity contribution in [3.05, 3.63) is 11.6 Å². The summed E-state index contributed by atoms with van der Waals surface area (Å²) >= 11 is 1.70. The Labute approximate surface area is 184 Å². The Morgan fingerprint density at radius 1 is 1.15 bits per heavy atom. The van der Waals surface area contributed by atoms with Crippen LogP contribution in [0.5, 0.6) is 0 Å². The van der Waals surface area contributed by atoms with Gasteiger partial charge in [0.1, 0.15) is 0 Å². The number of thiazole rings is 1. The van der Waals surface area contributed by atoms with E-state index in [2.05, 4.69) is 45.5 Å². The van der Waals surface area contributed by atoms with Crippen molar-refractivity contribution in [1.82, 2.24) is 19.7 Å². The molecule has 3 rings (SSSR count). The standard InChI is InChI=1S/C18H33N7S.HI/c1-15(2)16(23-7-5-22(3)6-8-23)14-21-17(19)24-9-11-25(12-10-24)18-20-4-13-26-18;/h4,13,15-16H,5-12,14H2,1-3H3,(H2,19,21);1H. The van der Waals surface area contributed by atoms with Crippen LogP contribution in [0.25, 0.3) is 0 Å². The van der Waals surface area contributed by atoms with Crippen molar-refractivity contribution in [3.63, 3.8) is 0 Å². The first-order valence-electron chi connectivity index (χ1n) is 9.66. The zero-order chi connectivity index (χ0) is 18.5. The topological polar surface area (TPSA) is 64.2 Å². The van der Waals surface area contributed by atoms with Crippen LogP contribution in [0.2, 0.25) is 0 Å². The summed E-state index contributed by atoms with van der Waals surface area (Å²) in [5.41, 5.74) is 6.33. The van der Waals surface area contributed by atoms with Crippen LogP contribution in [0.15, 0.2) is 16.6 Å². The molecule has 154 valence electrons. The average molecular weight is 507 g/mol. The number of hydrogen-bond acceptors (Lipinski definition) is 6. The number of piperazine rings is 2. The maximum absolute atomic E-state index is 6.33. The number of rotatable bonds is 5. The predicted molar refractivity (Wildman–Crippen MR) is 126 cm³/mol. The van der Waals surface area contributed by atoms with Gasteiger partial charge in [0.25, 0.3) is 0 Å². The molecule has 3 heterocycles. The molecule has 2 saturated heterocycles. The van der Waals surface area contributed by atoms with E-state index < -0.39 is 0 Å². The Balaban J connectivity index is 0.00000261. The number of aliphatic imine (C=N–C) groups is 1. The quantitative estimate of drug-likeness (QED) is 0.370. The molecule has 1 atom stereocenters. The highest BCUT2D eigenvalue weighted by molar-refractivity contribution is 14.0. The number of anilines is 1. The number of guanidine groups is 1. The Kier molecular flexibility index (Phi) is 9.03. The van der Waals surface area contributed by atoms with Crippen LogP contribution in [0.4, 0.5) is 5.13 Å². The molecule has 9 heteroatoms. The van der Waals surface area contributed by atoms with Crippen molar-refractivity contribution < 1.29 is 0 Å². The van der Waals surface area contributed by atoms with Gasteiger partial charge in [0.2, 0.25) is 0 Å². The van der Waals surface area contributed by atoms with Crippen LogP contribution in [-0.2, 0) is 0 Å². The Morgan fingerprint density at radius 3 is 2.37 bits per heavy atom. The Hall–Kier alpha value is -0.650. The molecule has 1 aromatic heterocycles. The third kappa shape index (κ3) is 6.16. The maximum atomic E-state index is 6.33. The smallest absolute Gasteiger partial charge is 0.191 e. The monoisotopic (exact) mass is 507 g/mol. The van der Waals surface area contributed by atoms with E-state index in [0.29, 0.717) is 17.9 Å². The van der Waals surface area contributed by atoms with Crippen molar-refractivity contribution in [1.29, 1.82) is 0 Å². The van der Waals surface area contributed by atoms with E-state index in [9.17, 15) is 0 Å². The van der Waals surface area contributed by atoms with Gasteiger partial charge >= 0.3 is 0 Å². The summed E-state index contributed by atoms with van der Waals surface area (Å²) in [6, 6.07) is 0.471. The lowest BCUT2D eigenvalue weighted by Crippen LogP contribution is -2.53. The lowest BCUT2D eigenvalue weighted by Gasteiger charge is -2.39. The molecule has 0 spiro atoms. The number of aromatic nitrogens is 1. The molecule has 0 bridgehead atoms. The molecular formula is C18H34IN7S. The summed E-state index contributed by atoms with van der Waals surface area (Å²) in [4.78, 5) is 18.7. The van der Waals surface area contributed by atoms with Gasteiger partial charge in [-0.3, -0.25) is 9.89 Å². The van der Waals surface area contributed by atoms with Gasteiger partial charge < -0.3 is 20.4 Å². The summed E-state index contributed by atoms with van der Waals surface area (Å²) in [6.45, 7) is 13.6. The molecule has 0 radical (unpaired) electrons. The van der Waals surface area contributed by atoms with Gasteiger partial charge in [-0.2, -0.15) is 0 Å². The number of halogens is 1. The van der Waals surface area contributed by atoms with Crippen LogP contribution in [0, 0.1) is 5.92 Å². The summed E-state index contributed by atoms with van der Waals surface area (Å²) in [5, 5.41) is 3.14. The first-order valence-corrected chi connectivity index (χ1v) is 10.5. The fourth-order valence-corrected chi connectivity index (χ4v) is 4.38. The van der Waals surface area contributed by atoms with Gasteiger partial charge in [0, 0.05) is 70.0 Å². The zero-order valence-corrected chi connectivity index (χ0v) is 19.9. The molecule has 0 aromatic carbocycles. The molecule has 0 aliphatic carbocycles. The molecule has 2 fully saturated rings. The van der Waals surface area contributed by atoms with Crippen LogP contribution < -0.4 is 10.6 Å². The fraction of sp³-hybridized carbons (Fsp3) is 0.778. The zero-order valence-electron chi connectivity index (χ0n) is 16.8. The summed E-state index contributed by atoms with van der Waals surface area (Å²) in [5.74, 6) is 1.28. The highest BCUT2D eigenvalue weighted by Gasteiger charge is 2.25. The van der Waals surface area contributed by atoms with E-state index in [1.54, 1.807) is 11.3 Å². The highest BCUT2D eigenvalue weighted by atomic mass is 127. The fourth-order valence-electron chi connectivity index (χ4n) is 3.69. The first-order chi connectivity index (χ1) is 12.5. The molecule has 0 saturated carbocycles. The molecule has 1 aromatic rings. The molecule has 2 N–H and O–H groups in total. The number of likely N-dealkylation sites (N-methyl/N-ethyl adjacent to an activating group) is 1. The SMILES string of the molecule is CC(C)C(CN=C(N)N1CCN(c2nccs2)CC1)N1CCN(C)CC1.I. The second-order valence-electron chi connectivity index (χ2n) is 7.64. The third-order valence-corrected chi connectivity index (χ3v) is 6.34. The molecule has 2 aliphatic heterocycles. The average Bonchev–Trinajstić information content (AvgIpc) is 3.18. The van der Waals surface area contributed by atoms with E-state index in [0.717, 1.165) is 64.0 Å². The largest absolute Gasteiger partial charge is 0.370 e. The number of hydrogen-bond donors (Lipinski definition) is 1. The molecule has 2 aliphatic rings. The van der Waals surface area contributed by atoms with Crippen molar-refractivity contribution >= 4 is 46.4 Å². The van der Waals surface area contributed by atoms with E-state index in [-0.39, 0.29) is 24.0 Å². The van der Waals surface area contributed by atoms with E-state index >= 15 is 0 Å². The van der Waals surface area contributed by atoms with Gasteiger partial charge in [-0.05, 0) is 13.0 Å². The molecule has 7 nitrogen and oxygen atoms in total. The lowest BCUT2D eigenvalue weighted by molar-refractivity contribution is 0.0924. The maximum Gasteiger partial charge on any atom is 0.191 e. The minimum absolute atomic E-state index is 0. The minimum Gasteiger partial charge on any atom is -0.370 e. The van der Waals surface area contributed by atoms with Crippen molar-refractivity contribution in [2.24, 2.45) is 16.6 Å². The second kappa shape index (κ2) is 10.8. The summed E-state index contributed by atoms with van der Waals surface area (Å²) in [6.07, 6.45) is 1.87. The normalized spacial score (nSPS) is 21.4. The molecule has 27 heavy (non-hydrogen) atoms. The molecule has 0 amide bonds. The lowest BCUT2D eigenvalue weighted by atomic mass is 10.0. The van der Waals surface area contributed by atoms with Gasteiger partial charge in [-0.15, -0.1) is 35.3 Å². The van der Waals surface area contributed by atoms with Crippen molar-refractivity contribution in [2.75, 3.05) is 70.9 Å². The minimum atomic E-state index is 0. The van der Waals surface area contributed by atoms with Crippen LogP contribution in [0.1, 0.15) is 13.8 Å². The van der Waals surface area contributed by atoms with Crippen LogP contribution >= 0.6 is 35.3 Å². The van der Waals surface area contributed by atoms with E-state index in [1.165, 1.54) is 0 Å².